The Labute approximate surface area is 116 Å². The van der Waals surface area contributed by atoms with Gasteiger partial charge in [-0.15, -0.1) is 0 Å². The van der Waals surface area contributed by atoms with Crippen molar-refractivity contribution >= 4 is 23.4 Å². The Balaban J connectivity index is 2.71. The van der Waals surface area contributed by atoms with Gasteiger partial charge in [-0.3, -0.25) is 19.2 Å². The van der Waals surface area contributed by atoms with Gasteiger partial charge in [0.15, 0.2) is 0 Å². The first kappa shape index (κ1) is 15.6. The molecular weight excluding hydrogens is 262 g/mol. The second-order valence-electron chi connectivity index (χ2n) is 4.34. The molecule has 3 N–H and O–H groups in total. The molecule has 1 rings (SSSR count). The third-order valence-corrected chi connectivity index (χ3v) is 2.59. The van der Waals surface area contributed by atoms with E-state index < -0.39 is 11.7 Å². The van der Waals surface area contributed by atoms with Gasteiger partial charge < -0.3 is 16.0 Å². The van der Waals surface area contributed by atoms with Gasteiger partial charge in [-0.2, -0.15) is 0 Å². The molecule has 0 saturated heterocycles. The minimum Gasteiger partial charge on any atom is -0.380 e. The molecule has 20 heavy (non-hydrogen) atoms. The summed E-state index contributed by atoms with van der Waals surface area (Å²) >= 11 is 0. The molecule has 0 aromatic heterocycles. The number of rotatable bonds is 5. The first-order valence-electron chi connectivity index (χ1n) is 6.10. The molecule has 0 aliphatic heterocycles. The summed E-state index contributed by atoms with van der Waals surface area (Å²) in [5, 5.41) is 7.71. The summed E-state index contributed by atoms with van der Waals surface area (Å²) in [6, 6.07) is 0. The first-order chi connectivity index (χ1) is 9.32. The smallest absolute Gasteiger partial charge is 0.221 e. The van der Waals surface area contributed by atoms with Crippen LogP contribution in [0.4, 0.5) is 0 Å². The fourth-order valence-corrected chi connectivity index (χ4v) is 1.70. The van der Waals surface area contributed by atoms with Gasteiger partial charge in [-0.25, -0.2) is 0 Å². The summed E-state index contributed by atoms with van der Waals surface area (Å²) in [6.45, 7) is 4.83. The SMILES string of the molecule is CC(=O)NCCNC1=C(C)C(=O)C(NC(C)=O)=CC1=O. The van der Waals surface area contributed by atoms with E-state index in [1.54, 1.807) is 0 Å². The van der Waals surface area contributed by atoms with E-state index in [0.29, 0.717) is 13.1 Å². The summed E-state index contributed by atoms with van der Waals surface area (Å²) in [5.41, 5.74) is 0.408. The molecule has 7 heteroatoms. The molecule has 0 fully saturated rings. The number of ketones is 2. The summed E-state index contributed by atoms with van der Waals surface area (Å²) in [5.74, 6) is -1.36. The van der Waals surface area contributed by atoms with Crippen LogP contribution in [0, 0.1) is 0 Å². The molecule has 0 heterocycles. The number of nitrogens with one attached hydrogen (secondary N) is 3. The van der Waals surface area contributed by atoms with Crippen LogP contribution in [0.15, 0.2) is 23.0 Å². The number of amides is 2. The van der Waals surface area contributed by atoms with Gasteiger partial charge in [0.05, 0.1) is 11.4 Å². The number of carbonyl (C=O) groups is 4. The number of allylic oxidation sites excluding steroid dienone is 2. The predicted molar refractivity (Wildman–Crippen MR) is 71.3 cm³/mol. The van der Waals surface area contributed by atoms with Crippen LogP contribution < -0.4 is 16.0 Å². The molecule has 1 aliphatic rings. The molecule has 0 aromatic rings. The molecule has 0 aromatic carbocycles. The topological polar surface area (TPSA) is 104 Å². The van der Waals surface area contributed by atoms with Crippen molar-refractivity contribution in [1.82, 2.24) is 16.0 Å². The molecular formula is C13H17N3O4. The molecule has 2 amide bonds. The van der Waals surface area contributed by atoms with Crippen LogP contribution in [0.5, 0.6) is 0 Å². The zero-order chi connectivity index (χ0) is 15.3. The number of Topliss-reactive ketones (excluding diaryl/α,β-unsaturated/α-hetero) is 1. The average molecular weight is 279 g/mol. The van der Waals surface area contributed by atoms with Crippen molar-refractivity contribution in [1.29, 1.82) is 0 Å². The van der Waals surface area contributed by atoms with Gasteiger partial charge in [0.2, 0.25) is 23.4 Å². The van der Waals surface area contributed by atoms with Crippen LogP contribution in [0.2, 0.25) is 0 Å². The molecule has 108 valence electrons. The summed E-state index contributed by atoms with van der Waals surface area (Å²) in [4.78, 5) is 45.5. The van der Waals surface area contributed by atoms with Crippen LogP contribution in [0.1, 0.15) is 20.8 Å². The van der Waals surface area contributed by atoms with Crippen molar-refractivity contribution in [2.24, 2.45) is 0 Å². The third-order valence-electron chi connectivity index (χ3n) is 2.59. The molecule has 0 atom stereocenters. The van der Waals surface area contributed by atoms with Crippen LogP contribution in [0.25, 0.3) is 0 Å². The maximum Gasteiger partial charge on any atom is 0.221 e. The van der Waals surface area contributed by atoms with E-state index in [2.05, 4.69) is 16.0 Å². The Bertz CT molecular complexity index is 532. The van der Waals surface area contributed by atoms with Crippen LogP contribution in [-0.2, 0) is 19.2 Å². The highest BCUT2D eigenvalue weighted by Gasteiger charge is 2.26. The fourth-order valence-electron chi connectivity index (χ4n) is 1.70. The first-order valence-corrected chi connectivity index (χ1v) is 6.10. The Hall–Kier alpha value is -2.44. The second kappa shape index (κ2) is 6.65. The highest BCUT2D eigenvalue weighted by Crippen LogP contribution is 2.15. The predicted octanol–water partition coefficient (Wildman–Crippen LogP) is -0.842. The molecule has 0 spiro atoms. The van der Waals surface area contributed by atoms with E-state index in [4.69, 9.17) is 0 Å². The summed E-state index contributed by atoms with van der Waals surface area (Å²) in [7, 11) is 0. The van der Waals surface area contributed by atoms with Crippen LogP contribution in [0.3, 0.4) is 0 Å². The van der Waals surface area contributed by atoms with Crippen LogP contribution >= 0.6 is 0 Å². The Morgan fingerprint density at radius 2 is 1.75 bits per heavy atom. The quantitative estimate of drug-likeness (QED) is 0.449. The van der Waals surface area contributed by atoms with E-state index >= 15 is 0 Å². The highest BCUT2D eigenvalue weighted by atomic mass is 16.2. The summed E-state index contributed by atoms with van der Waals surface area (Å²) < 4.78 is 0. The molecule has 1 aliphatic carbocycles. The highest BCUT2D eigenvalue weighted by molar-refractivity contribution is 6.22. The lowest BCUT2D eigenvalue weighted by atomic mass is 9.98. The number of carbonyl (C=O) groups excluding carboxylic acids is 4. The monoisotopic (exact) mass is 279 g/mol. The molecule has 0 unspecified atom stereocenters. The number of hydrogen-bond donors (Lipinski definition) is 3. The van der Waals surface area contributed by atoms with Crippen molar-refractivity contribution in [3.8, 4) is 0 Å². The maximum absolute atomic E-state index is 12.0. The fraction of sp³-hybridized carbons (Fsp3) is 0.385. The molecule has 0 radical (unpaired) electrons. The molecule has 0 bridgehead atoms. The Morgan fingerprint density at radius 1 is 1.10 bits per heavy atom. The maximum atomic E-state index is 12.0. The minimum atomic E-state index is -0.410. The van der Waals surface area contributed by atoms with Crippen LogP contribution in [-0.4, -0.2) is 36.5 Å². The Morgan fingerprint density at radius 3 is 2.30 bits per heavy atom. The van der Waals surface area contributed by atoms with E-state index in [0.717, 1.165) is 6.08 Å². The lowest BCUT2D eigenvalue weighted by Crippen LogP contribution is -2.36. The van der Waals surface area contributed by atoms with Gasteiger partial charge in [0.1, 0.15) is 0 Å². The largest absolute Gasteiger partial charge is 0.380 e. The second-order valence-corrected chi connectivity index (χ2v) is 4.34. The lowest BCUT2D eigenvalue weighted by molar-refractivity contribution is -0.121. The van der Waals surface area contributed by atoms with Crippen molar-refractivity contribution in [2.45, 2.75) is 20.8 Å². The van der Waals surface area contributed by atoms with Crippen molar-refractivity contribution < 1.29 is 19.2 Å². The standard InChI is InChI=1S/C13H17N3O4/c1-7-12(15-5-4-14-8(2)17)11(19)6-10(13(7)20)16-9(3)18/h6,15H,4-5H2,1-3H3,(H,14,17)(H,16,18). The normalized spacial score (nSPS) is 14.8. The van der Waals surface area contributed by atoms with Gasteiger partial charge in [-0.1, -0.05) is 0 Å². The van der Waals surface area contributed by atoms with E-state index in [1.165, 1.54) is 20.8 Å². The molecule has 0 saturated carbocycles. The minimum absolute atomic E-state index is 0.0209. The zero-order valence-electron chi connectivity index (χ0n) is 11.6. The number of hydrogen-bond acceptors (Lipinski definition) is 5. The summed E-state index contributed by atoms with van der Waals surface area (Å²) in [6.07, 6.45) is 1.09. The van der Waals surface area contributed by atoms with Crippen molar-refractivity contribution in [3.05, 3.63) is 23.0 Å². The van der Waals surface area contributed by atoms with E-state index in [9.17, 15) is 19.2 Å². The van der Waals surface area contributed by atoms with Gasteiger partial charge >= 0.3 is 0 Å². The average Bonchev–Trinajstić information content (AvgIpc) is 2.33. The Kier molecular flexibility index (Phi) is 5.19. The van der Waals surface area contributed by atoms with Gasteiger partial charge in [0, 0.05) is 38.6 Å². The van der Waals surface area contributed by atoms with E-state index in [1.807, 2.05) is 0 Å². The third kappa shape index (κ3) is 4.04. The van der Waals surface area contributed by atoms with E-state index in [-0.39, 0.29) is 28.7 Å². The van der Waals surface area contributed by atoms with Crippen molar-refractivity contribution in [3.63, 3.8) is 0 Å². The lowest BCUT2D eigenvalue weighted by Gasteiger charge is -2.18. The van der Waals surface area contributed by atoms with Gasteiger partial charge in [0.25, 0.3) is 0 Å². The van der Waals surface area contributed by atoms with Crippen molar-refractivity contribution in [2.75, 3.05) is 13.1 Å². The zero-order valence-corrected chi connectivity index (χ0v) is 11.6. The molecule has 7 nitrogen and oxygen atoms in total. The van der Waals surface area contributed by atoms with Gasteiger partial charge in [-0.05, 0) is 6.92 Å².